The number of amides is 2. The molecule has 1 aliphatic heterocycles. The Labute approximate surface area is 201 Å². The van der Waals surface area contributed by atoms with E-state index in [0.717, 1.165) is 43.0 Å². The summed E-state index contributed by atoms with van der Waals surface area (Å²) in [5.74, 6) is 0. The molecule has 3 rings (SSSR count). The predicted molar refractivity (Wildman–Crippen MR) is 131 cm³/mol. The lowest BCUT2D eigenvalue weighted by molar-refractivity contribution is 0.162. The summed E-state index contributed by atoms with van der Waals surface area (Å²) < 4.78 is 27.9. The van der Waals surface area contributed by atoms with Gasteiger partial charge in [0.25, 0.3) is 0 Å². The van der Waals surface area contributed by atoms with E-state index in [9.17, 15) is 13.2 Å². The van der Waals surface area contributed by atoms with Gasteiger partial charge < -0.3 is 15.5 Å². The maximum Gasteiger partial charge on any atom is 0.319 e. The first-order valence-corrected chi connectivity index (χ1v) is 13.0. The van der Waals surface area contributed by atoms with Crippen molar-refractivity contribution < 1.29 is 13.2 Å². The summed E-state index contributed by atoms with van der Waals surface area (Å²) in [4.78, 5) is 18.9. The number of hydrogen-bond donors (Lipinski definition) is 2. The Hall–Kier alpha value is -2.20. The topological polar surface area (TPSA) is 94.6 Å². The van der Waals surface area contributed by atoms with Crippen molar-refractivity contribution in [1.29, 1.82) is 0 Å². The van der Waals surface area contributed by atoms with Crippen molar-refractivity contribution >= 4 is 33.3 Å². The molecule has 10 heteroatoms. The summed E-state index contributed by atoms with van der Waals surface area (Å²) in [6.45, 7) is 8.78. The van der Waals surface area contributed by atoms with Crippen LogP contribution < -0.4 is 10.6 Å². The van der Waals surface area contributed by atoms with Crippen LogP contribution in [0.25, 0.3) is 0 Å². The number of urea groups is 1. The van der Waals surface area contributed by atoms with Crippen molar-refractivity contribution in [1.82, 2.24) is 19.5 Å². The van der Waals surface area contributed by atoms with Crippen LogP contribution in [0.15, 0.2) is 41.3 Å². The molecule has 1 aromatic carbocycles. The van der Waals surface area contributed by atoms with Crippen molar-refractivity contribution in [3.05, 3.63) is 52.8 Å². The lowest BCUT2D eigenvalue weighted by Gasteiger charge is -2.37. The van der Waals surface area contributed by atoms with Crippen LogP contribution in [0.2, 0.25) is 5.02 Å². The number of pyridine rings is 1. The van der Waals surface area contributed by atoms with Gasteiger partial charge in [0.05, 0.1) is 5.02 Å². The molecule has 8 nitrogen and oxygen atoms in total. The number of halogens is 1. The Bertz CT molecular complexity index is 1050. The molecule has 2 N–H and O–H groups in total. The molecule has 0 spiro atoms. The highest BCUT2D eigenvalue weighted by Gasteiger charge is 2.33. The highest BCUT2D eigenvalue weighted by atomic mass is 35.5. The molecule has 0 radical (unpaired) electrons. The number of anilines is 1. The molecular formula is C23H32ClN5O3S. The Kier molecular flexibility index (Phi) is 8.69. The minimum atomic E-state index is -3.65. The molecule has 0 atom stereocenters. The number of aryl methyl sites for hydroxylation is 2. The molecular weight excluding hydrogens is 462 g/mol. The van der Waals surface area contributed by atoms with Gasteiger partial charge >= 0.3 is 6.03 Å². The van der Waals surface area contributed by atoms with Gasteiger partial charge in [-0.15, -0.1) is 0 Å². The predicted octanol–water partition coefficient (Wildman–Crippen LogP) is 3.65. The van der Waals surface area contributed by atoms with Crippen molar-refractivity contribution in [2.45, 2.75) is 44.6 Å². The summed E-state index contributed by atoms with van der Waals surface area (Å²) in [5, 5.41) is 5.96. The van der Waals surface area contributed by atoms with E-state index in [0.29, 0.717) is 19.6 Å². The highest BCUT2D eigenvalue weighted by molar-refractivity contribution is 7.89. The molecule has 2 heterocycles. The fraction of sp³-hybridized carbons (Fsp3) is 0.478. The molecule has 1 saturated heterocycles. The second kappa shape index (κ2) is 11.3. The molecule has 0 unspecified atom stereocenters. The van der Waals surface area contributed by atoms with Crippen LogP contribution in [0.5, 0.6) is 0 Å². The van der Waals surface area contributed by atoms with Gasteiger partial charge in [-0.1, -0.05) is 30.7 Å². The average Bonchev–Trinajstić information content (AvgIpc) is 2.74. The van der Waals surface area contributed by atoms with Crippen molar-refractivity contribution in [3.63, 3.8) is 0 Å². The van der Waals surface area contributed by atoms with E-state index in [1.165, 1.54) is 0 Å². The molecule has 2 aromatic rings. The van der Waals surface area contributed by atoms with Gasteiger partial charge in [-0.2, -0.15) is 4.31 Å². The zero-order valence-electron chi connectivity index (χ0n) is 19.3. The van der Waals surface area contributed by atoms with Crippen LogP contribution in [0, 0.1) is 13.8 Å². The third kappa shape index (κ3) is 6.66. The van der Waals surface area contributed by atoms with Gasteiger partial charge in [0.2, 0.25) is 10.0 Å². The highest BCUT2D eigenvalue weighted by Crippen LogP contribution is 2.28. The number of hydrogen-bond acceptors (Lipinski definition) is 5. The van der Waals surface area contributed by atoms with Crippen LogP contribution in [-0.2, 0) is 10.0 Å². The van der Waals surface area contributed by atoms with Crippen LogP contribution >= 0.6 is 11.6 Å². The first-order valence-electron chi connectivity index (χ1n) is 11.2. The van der Waals surface area contributed by atoms with Crippen molar-refractivity contribution in [2.75, 3.05) is 38.0 Å². The molecule has 0 aliphatic carbocycles. The molecule has 1 fully saturated rings. The Balaban J connectivity index is 1.47. The van der Waals surface area contributed by atoms with E-state index in [-0.39, 0.29) is 22.0 Å². The van der Waals surface area contributed by atoms with Gasteiger partial charge in [0.1, 0.15) is 4.90 Å². The van der Waals surface area contributed by atoms with Gasteiger partial charge in [-0.05, 0) is 64.0 Å². The van der Waals surface area contributed by atoms with E-state index >= 15 is 0 Å². The molecule has 180 valence electrons. The maximum absolute atomic E-state index is 13.2. The lowest BCUT2D eigenvalue weighted by Crippen LogP contribution is -2.48. The van der Waals surface area contributed by atoms with Gasteiger partial charge in [-0.3, -0.25) is 4.98 Å². The quantitative estimate of drug-likeness (QED) is 0.585. The molecule has 1 aliphatic rings. The standard InChI is InChI=1S/C23H32ClN5O3S/c1-4-29(33(31,32)22-8-6-5-7-21(22)24)20-9-12-28(13-10-20)14-11-25-23(30)27-19-15-17(2)26-18(3)16-19/h5-8,15-16,20H,4,9-14H2,1-3H3,(H2,25,26,27,30). The molecule has 1 aromatic heterocycles. The number of nitrogens with zero attached hydrogens (tertiary/aromatic N) is 3. The zero-order chi connectivity index (χ0) is 24.0. The fourth-order valence-corrected chi connectivity index (χ4v) is 6.43. The van der Waals surface area contributed by atoms with Crippen LogP contribution in [-0.4, -0.2) is 67.4 Å². The normalized spacial score (nSPS) is 15.5. The second-order valence-electron chi connectivity index (χ2n) is 8.23. The summed E-state index contributed by atoms with van der Waals surface area (Å²) in [6, 6.07) is 9.91. The van der Waals surface area contributed by atoms with Gasteiger partial charge in [0.15, 0.2) is 0 Å². The third-order valence-corrected chi connectivity index (χ3v) is 8.28. The molecule has 33 heavy (non-hydrogen) atoms. The second-order valence-corrected chi connectivity index (χ2v) is 10.5. The number of rotatable bonds is 8. The Morgan fingerprint density at radius 1 is 1.18 bits per heavy atom. The number of nitrogens with one attached hydrogen (secondary N) is 2. The first-order chi connectivity index (χ1) is 15.7. The van der Waals surface area contributed by atoms with E-state index in [4.69, 9.17) is 11.6 Å². The SMILES string of the molecule is CCN(C1CCN(CCNC(=O)Nc2cc(C)nc(C)c2)CC1)S(=O)(=O)c1ccccc1Cl. The van der Waals surface area contributed by atoms with Crippen molar-refractivity contribution in [3.8, 4) is 0 Å². The van der Waals surface area contributed by atoms with E-state index in [1.54, 1.807) is 28.6 Å². The van der Waals surface area contributed by atoms with Gasteiger partial charge in [-0.25, -0.2) is 13.2 Å². The molecule has 0 bridgehead atoms. The number of carbonyl (C=O) groups is 1. The maximum atomic E-state index is 13.2. The summed E-state index contributed by atoms with van der Waals surface area (Å²) >= 11 is 6.16. The number of sulfonamides is 1. The largest absolute Gasteiger partial charge is 0.337 e. The fourth-order valence-electron chi connectivity index (χ4n) is 4.25. The Morgan fingerprint density at radius 2 is 1.82 bits per heavy atom. The van der Waals surface area contributed by atoms with Crippen molar-refractivity contribution in [2.24, 2.45) is 0 Å². The lowest BCUT2D eigenvalue weighted by atomic mass is 10.1. The van der Waals surface area contributed by atoms with E-state index in [2.05, 4.69) is 20.5 Å². The number of piperidine rings is 1. The number of carbonyl (C=O) groups excluding carboxylic acids is 1. The van der Waals surface area contributed by atoms with Gasteiger partial charge in [0, 0.05) is 42.8 Å². The minimum absolute atomic E-state index is 0.0676. The summed E-state index contributed by atoms with van der Waals surface area (Å²) in [7, 11) is -3.65. The first kappa shape index (κ1) is 25.4. The number of likely N-dealkylation sites (tertiary alicyclic amines) is 1. The zero-order valence-corrected chi connectivity index (χ0v) is 20.9. The monoisotopic (exact) mass is 493 g/mol. The van der Waals surface area contributed by atoms with Crippen LogP contribution in [0.1, 0.15) is 31.2 Å². The minimum Gasteiger partial charge on any atom is -0.337 e. The smallest absolute Gasteiger partial charge is 0.319 e. The molecule has 0 saturated carbocycles. The van der Waals surface area contributed by atoms with E-state index in [1.807, 2.05) is 32.9 Å². The van der Waals surface area contributed by atoms with Crippen LogP contribution in [0.4, 0.5) is 10.5 Å². The molecule has 2 amide bonds. The number of benzene rings is 1. The number of aromatic nitrogens is 1. The summed E-state index contributed by atoms with van der Waals surface area (Å²) in [5.41, 5.74) is 2.43. The summed E-state index contributed by atoms with van der Waals surface area (Å²) in [6.07, 6.45) is 1.47. The average molecular weight is 494 g/mol. The Morgan fingerprint density at radius 3 is 2.42 bits per heavy atom. The third-order valence-electron chi connectivity index (χ3n) is 5.75. The van der Waals surface area contributed by atoms with E-state index < -0.39 is 10.0 Å². The van der Waals surface area contributed by atoms with Crippen LogP contribution in [0.3, 0.4) is 0 Å².